The number of halogens is 1. The molecule has 1 aromatic rings. The van der Waals surface area contributed by atoms with Crippen molar-refractivity contribution in [2.75, 3.05) is 11.2 Å². The molecule has 0 aliphatic carbocycles. The number of anilines is 1. The summed E-state index contributed by atoms with van der Waals surface area (Å²) < 4.78 is 0. The molecule has 0 aliphatic rings. The lowest BCUT2D eigenvalue weighted by molar-refractivity contribution is -0.113. The van der Waals surface area contributed by atoms with Crippen LogP contribution in [0.25, 0.3) is 0 Å². The molecule has 1 rings (SSSR count). The lowest BCUT2D eigenvalue weighted by atomic mass is 10.1. The predicted octanol–water partition coefficient (Wildman–Crippen LogP) is 1.92. The van der Waals surface area contributed by atoms with E-state index < -0.39 is 6.10 Å². The molecule has 0 saturated carbocycles. The molecule has 1 unspecified atom stereocenters. The lowest BCUT2D eigenvalue weighted by Crippen LogP contribution is -2.14. The van der Waals surface area contributed by atoms with Gasteiger partial charge < -0.3 is 10.4 Å². The molecular formula is C10H12ClNO2. The number of aliphatic hydroxyl groups excluding tert-OH is 1. The molecule has 4 heteroatoms. The topological polar surface area (TPSA) is 49.3 Å². The van der Waals surface area contributed by atoms with Gasteiger partial charge in [0, 0.05) is 11.3 Å². The van der Waals surface area contributed by atoms with E-state index in [9.17, 15) is 9.90 Å². The van der Waals surface area contributed by atoms with E-state index in [1.54, 1.807) is 31.2 Å². The standard InChI is InChI=1S/C10H12ClNO2/c1-7(13)8-4-2-3-5-9(8)12-10(14)6-11/h2-5,7,13H,6H2,1H3,(H,12,14). The Bertz CT molecular complexity index is 326. The molecule has 0 bridgehead atoms. The minimum absolute atomic E-state index is 0.0891. The first-order valence-corrected chi connectivity index (χ1v) is 4.81. The first-order chi connectivity index (χ1) is 6.65. The van der Waals surface area contributed by atoms with E-state index in [2.05, 4.69) is 5.32 Å². The number of carbonyl (C=O) groups excluding carboxylic acids is 1. The van der Waals surface area contributed by atoms with Crippen LogP contribution in [0.1, 0.15) is 18.6 Å². The maximum Gasteiger partial charge on any atom is 0.239 e. The van der Waals surface area contributed by atoms with Gasteiger partial charge in [-0.1, -0.05) is 18.2 Å². The fourth-order valence-corrected chi connectivity index (χ4v) is 1.23. The highest BCUT2D eigenvalue weighted by Gasteiger charge is 2.08. The molecule has 0 aromatic heterocycles. The number of hydrogen-bond acceptors (Lipinski definition) is 2. The predicted molar refractivity (Wildman–Crippen MR) is 56.4 cm³/mol. The summed E-state index contributed by atoms with van der Waals surface area (Å²) in [6.07, 6.45) is -0.609. The van der Waals surface area contributed by atoms with Crippen LogP contribution >= 0.6 is 11.6 Å². The molecule has 0 radical (unpaired) electrons. The summed E-state index contributed by atoms with van der Waals surface area (Å²) in [5, 5.41) is 12.0. The number of amides is 1. The average molecular weight is 214 g/mol. The normalized spacial score (nSPS) is 12.2. The van der Waals surface area contributed by atoms with Gasteiger partial charge in [-0.15, -0.1) is 11.6 Å². The highest BCUT2D eigenvalue weighted by Crippen LogP contribution is 2.21. The van der Waals surface area contributed by atoms with Gasteiger partial charge in [0.2, 0.25) is 5.91 Å². The van der Waals surface area contributed by atoms with E-state index in [0.717, 1.165) is 0 Å². The number of alkyl halides is 1. The molecular weight excluding hydrogens is 202 g/mol. The SMILES string of the molecule is CC(O)c1ccccc1NC(=O)CCl. The van der Waals surface area contributed by atoms with E-state index in [0.29, 0.717) is 11.3 Å². The number of para-hydroxylation sites is 1. The molecule has 76 valence electrons. The summed E-state index contributed by atoms with van der Waals surface area (Å²) in [5.41, 5.74) is 1.29. The quantitative estimate of drug-likeness (QED) is 0.754. The number of benzene rings is 1. The first kappa shape index (κ1) is 11.0. The van der Waals surface area contributed by atoms with Crippen molar-refractivity contribution in [2.24, 2.45) is 0 Å². The number of carbonyl (C=O) groups is 1. The van der Waals surface area contributed by atoms with Crippen molar-refractivity contribution in [2.45, 2.75) is 13.0 Å². The maximum absolute atomic E-state index is 11.0. The van der Waals surface area contributed by atoms with Crippen LogP contribution < -0.4 is 5.32 Å². The number of aliphatic hydroxyl groups is 1. The minimum atomic E-state index is -0.609. The van der Waals surface area contributed by atoms with Gasteiger partial charge in [0.15, 0.2) is 0 Å². The second-order valence-corrected chi connectivity index (χ2v) is 3.21. The summed E-state index contributed by atoms with van der Waals surface area (Å²) in [4.78, 5) is 11.0. The van der Waals surface area contributed by atoms with Crippen LogP contribution in [0.3, 0.4) is 0 Å². The second kappa shape index (κ2) is 4.98. The molecule has 0 aliphatic heterocycles. The Morgan fingerprint density at radius 3 is 2.79 bits per heavy atom. The van der Waals surface area contributed by atoms with Crippen molar-refractivity contribution in [3.63, 3.8) is 0 Å². The van der Waals surface area contributed by atoms with Crippen LogP contribution in [-0.2, 0) is 4.79 Å². The van der Waals surface area contributed by atoms with Crippen LogP contribution in [0.4, 0.5) is 5.69 Å². The number of hydrogen-bond donors (Lipinski definition) is 2. The zero-order valence-electron chi connectivity index (χ0n) is 7.83. The van der Waals surface area contributed by atoms with Gasteiger partial charge in [0.25, 0.3) is 0 Å². The van der Waals surface area contributed by atoms with Gasteiger partial charge in [-0.05, 0) is 13.0 Å². The summed E-state index contributed by atoms with van der Waals surface area (Å²) in [7, 11) is 0. The van der Waals surface area contributed by atoms with Crippen molar-refractivity contribution in [3.8, 4) is 0 Å². The van der Waals surface area contributed by atoms with E-state index in [1.807, 2.05) is 0 Å². The van der Waals surface area contributed by atoms with Crippen LogP contribution in [-0.4, -0.2) is 16.9 Å². The second-order valence-electron chi connectivity index (χ2n) is 2.95. The molecule has 1 aromatic carbocycles. The molecule has 0 fully saturated rings. The molecule has 0 spiro atoms. The Balaban J connectivity index is 2.90. The third kappa shape index (κ3) is 2.72. The van der Waals surface area contributed by atoms with Gasteiger partial charge in [-0.25, -0.2) is 0 Å². The summed E-state index contributed by atoms with van der Waals surface area (Å²) >= 11 is 5.36. The maximum atomic E-state index is 11.0. The fourth-order valence-electron chi connectivity index (χ4n) is 1.16. The Hall–Kier alpha value is -1.06. The Morgan fingerprint density at radius 1 is 1.57 bits per heavy atom. The molecule has 1 amide bonds. The van der Waals surface area contributed by atoms with Gasteiger partial charge in [0.05, 0.1) is 6.10 Å². The zero-order valence-corrected chi connectivity index (χ0v) is 8.58. The largest absolute Gasteiger partial charge is 0.389 e. The fraction of sp³-hybridized carbons (Fsp3) is 0.300. The van der Waals surface area contributed by atoms with Gasteiger partial charge >= 0.3 is 0 Å². The van der Waals surface area contributed by atoms with Crippen molar-refractivity contribution in [3.05, 3.63) is 29.8 Å². The molecule has 14 heavy (non-hydrogen) atoms. The van der Waals surface area contributed by atoms with Gasteiger partial charge in [-0.2, -0.15) is 0 Å². The lowest BCUT2D eigenvalue weighted by Gasteiger charge is -2.11. The van der Waals surface area contributed by atoms with Crippen molar-refractivity contribution in [1.29, 1.82) is 0 Å². The first-order valence-electron chi connectivity index (χ1n) is 4.28. The molecule has 0 saturated heterocycles. The van der Waals surface area contributed by atoms with Crippen LogP contribution in [0.2, 0.25) is 0 Å². The number of nitrogens with one attached hydrogen (secondary N) is 1. The van der Waals surface area contributed by atoms with E-state index in [4.69, 9.17) is 11.6 Å². The van der Waals surface area contributed by atoms with E-state index in [1.165, 1.54) is 0 Å². The zero-order chi connectivity index (χ0) is 10.6. The third-order valence-electron chi connectivity index (χ3n) is 1.81. The van der Waals surface area contributed by atoms with Crippen LogP contribution in [0.15, 0.2) is 24.3 Å². The van der Waals surface area contributed by atoms with Crippen molar-refractivity contribution in [1.82, 2.24) is 0 Å². The summed E-state index contributed by atoms with van der Waals surface area (Å²) in [5.74, 6) is -0.367. The van der Waals surface area contributed by atoms with Crippen LogP contribution in [0.5, 0.6) is 0 Å². The Kier molecular flexibility index (Phi) is 3.92. The minimum Gasteiger partial charge on any atom is -0.389 e. The number of rotatable bonds is 3. The Morgan fingerprint density at radius 2 is 2.21 bits per heavy atom. The molecule has 0 heterocycles. The molecule has 1 atom stereocenters. The smallest absolute Gasteiger partial charge is 0.239 e. The molecule has 2 N–H and O–H groups in total. The van der Waals surface area contributed by atoms with Crippen molar-refractivity contribution < 1.29 is 9.90 Å². The Labute approximate surface area is 87.7 Å². The summed E-state index contributed by atoms with van der Waals surface area (Å²) in [6, 6.07) is 7.08. The molecule has 3 nitrogen and oxygen atoms in total. The van der Waals surface area contributed by atoms with E-state index >= 15 is 0 Å². The average Bonchev–Trinajstić information content (AvgIpc) is 2.18. The third-order valence-corrected chi connectivity index (χ3v) is 2.05. The van der Waals surface area contributed by atoms with Crippen molar-refractivity contribution >= 4 is 23.2 Å². The summed E-state index contributed by atoms with van der Waals surface area (Å²) in [6.45, 7) is 1.64. The highest BCUT2D eigenvalue weighted by atomic mass is 35.5. The highest BCUT2D eigenvalue weighted by molar-refractivity contribution is 6.29. The van der Waals surface area contributed by atoms with Gasteiger partial charge in [0.1, 0.15) is 5.88 Å². The van der Waals surface area contributed by atoms with Gasteiger partial charge in [-0.3, -0.25) is 4.79 Å². The van der Waals surface area contributed by atoms with E-state index in [-0.39, 0.29) is 11.8 Å². The van der Waals surface area contributed by atoms with Crippen LogP contribution in [0, 0.1) is 0 Å². The monoisotopic (exact) mass is 213 g/mol.